The van der Waals surface area contributed by atoms with Crippen molar-refractivity contribution in [1.82, 2.24) is 4.98 Å². The van der Waals surface area contributed by atoms with Gasteiger partial charge in [0.15, 0.2) is 0 Å². The number of benzene rings is 3. The Balaban J connectivity index is 1.70. The third-order valence-electron chi connectivity index (χ3n) is 5.08. The molecule has 6 nitrogen and oxygen atoms in total. The van der Waals surface area contributed by atoms with E-state index in [2.05, 4.69) is 14.7 Å². The van der Waals surface area contributed by atoms with Crippen LogP contribution in [-0.4, -0.2) is 19.2 Å². The maximum Gasteiger partial charge on any atom is 0.248 e. The molecule has 0 radical (unpaired) electrons. The zero-order valence-electron chi connectivity index (χ0n) is 18.6. The molecule has 0 aliphatic heterocycles. The fourth-order valence-electron chi connectivity index (χ4n) is 3.40. The van der Waals surface area contributed by atoms with E-state index in [1.54, 1.807) is 33.4 Å². The summed E-state index contributed by atoms with van der Waals surface area (Å²) in [5.41, 5.74) is 4.18. The lowest BCUT2D eigenvalue weighted by Crippen LogP contribution is -2.09. The van der Waals surface area contributed by atoms with Crippen molar-refractivity contribution < 1.29 is 13.9 Å². The molecule has 3 aromatic carbocycles. The number of methoxy groups -OCH3 is 2. The van der Waals surface area contributed by atoms with Crippen LogP contribution in [0.3, 0.4) is 0 Å². The van der Waals surface area contributed by atoms with Crippen LogP contribution < -0.4 is 14.4 Å². The van der Waals surface area contributed by atoms with Crippen LogP contribution >= 0.6 is 0 Å². The average Bonchev–Trinajstić information content (AvgIpc) is 3.30. The Hall–Kier alpha value is -4.50. The van der Waals surface area contributed by atoms with Crippen molar-refractivity contribution in [2.24, 2.45) is 0 Å². The fourth-order valence-corrected chi connectivity index (χ4v) is 3.40. The topological polar surface area (TPSA) is 52.1 Å². The lowest BCUT2D eigenvalue weighted by molar-refractivity contribution is 0.415. The summed E-state index contributed by atoms with van der Waals surface area (Å²) < 4.78 is 16.1. The highest BCUT2D eigenvalue weighted by atomic mass is 16.5. The lowest BCUT2D eigenvalue weighted by Gasteiger charge is -2.26. The molecule has 164 valence electrons. The number of hydrogen-bond acceptors (Lipinski definition) is 5. The molecular weight excluding hydrogens is 414 g/mol. The van der Waals surface area contributed by atoms with Crippen LogP contribution in [0.25, 0.3) is 16.6 Å². The molecule has 0 aliphatic rings. The summed E-state index contributed by atoms with van der Waals surface area (Å²) in [4.78, 5) is 9.87. The molecule has 0 saturated carbocycles. The predicted molar refractivity (Wildman–Crippen MR) is 130 cm³/mol. The van der Waals surface area contributed by atoms with Gasteiger partial charge >= 0.3 is 0 Å². The van der Waals surface area contributed by atoms with E-state index in [1.165, 1.54) is 0 Å². The van der Waals surface area contributed by atoms with Crippen LogP contribution in [0.2, 0.25) is 0 Å². The summed E-state index contributed by atoms with van der Waals surface area (Å²) in [6, 6.07) is 23.8. The SMILES string of the molecule is [C-]#[N+]/C(=C\c1ccc(N(c2ccc(OC)cc2)c2ccc(OC)cc2)cc1)c1ncc(C)o1. The zero-order chi connectivity index (χ0) is 23.2. The molecule has 0 unspecified atom stereocenters. The molecule has 0 saturated heterocycles. The molecule has 33 heavy (non-hydrogen) atoms. The molecule has 1 aromatic heterocycles. The van der Waals surface area contributed by atoms with Crippen LogP contribution in [0.15, 0.2) is 83.4 Å². The number of anilines is 3. The minimum Gasteiger partial charge on any atom is -0.497 e. The first kappa shape index (κ1) is 21.7. The molecule has 0 aliphatic carbocycles. The lowest BCUT2D eigenvalue weighted by atomic mass is 10.1. The van der Waals surface area contributed by atoms with Gasteiger partial charge in [0.2, 0.25) is 11.6 Å². The third kappa shape index (κ3) is 4.89. The van der Waals surface area contributed by atoms with E-state index in [0.717, 1.165) is 34.1 Å². The first-order valence-electron chi connectivity index (χ1n) is 10.3. The van der Waals surface area contributed by atoms with Crippen molar-refractivity contribution in [1.29, 1.82) is 0 Å². The molecule has 0 N–H and O–H groups in total. The second kappa shape index (κ2) is 9.75. The Labute approximate surface area is 193 Å². The van der Waals surface area contributed by atoms with E-state index < -0.39 is 0 Å². The van der Waals surface area contributed by atoms with Gasteiger partial charge < -0.3 is 18.8 Å². The minimum atomic E-state index is 0.324. The van der Waals surface area contributed by atoms with Gasteiger partial charge in [0.25, 0.3) is 0 Å². The number of ether oxygens (including phenoxy) is 2. The number of oxazole rings is 1. The standard InChI is InChI=1S/C27H23N3O3/c1-19-18-29-27(33-19)26(28-2)17-20-5-7-21(8-6-20)30(22-9-13-24(31-3)14-10-22)23-11-15-25(32-4)16-12-23/h5-18H,1,3-4H3/b26-17-. The number of hydrogen-bond donors (Lipinski definition) is 0. The van der Waals surface area contributed by atoms with Gasteiger partial charge in [0.1, 0.15) is 17.3 Å². The van der Waals surface area contributed by atoms with Crippen LogP contribution in [0, 0.1) is 13.5 Å². The van der Waals surface area contributed by atoms with Gasteiger partial charge in [0.05, 0.1) is 27.0 Å². The smallest absolute Gasteiger partial charge is 0.248 e. The van der Waals surface area contributed by atoms with Gasteiger partial charge in [-0.25, -0.2) is 9.83 Å². The molecule has 0 amide bonds. The van der Waals surface area contributed by atoms with Gasteiger partial charge in [-0.3, -0.25) is 0 Å². The molecule has 6 heteroatoms. The van der Waals surface area contributed by atoms with E-state index >= 15 is 0 Å². The maximum absolute atomic E-state index is 7.49. The predicted octanol–water partition coefficient (Wildman–Crippen LogP) is 6.89. The van der Waals surface area contributed by atoms with Crippen molar-refractivity contribution in [3.8, 4) is 11.5 Å². The quantitative estimate of drug-likeness (QED) is 0.295. The first-order chi connectivity index (χ1) is 16.1. The summed E-state index contributed by atoms with van der Waals surface area (Å²) in [5, 5.41) is 0. The van der Waals surface area contributed by atoms with Crippen molar-refractivity contribution >= 4 is 28.8 Å². The van der Waals surface area contributed by atoms with Gasteiger partial charge in [-0.1, -0.05) is 12.1 Å². The summed E-state index contributed by atoms with van der Waals surface area (Å²) in [6.07, 6.45) is 3.38. The van der Waals surface area contributed by atoms with Gasteiger partial charge in [-0.05, 0) is 79.2 Å². The van der Waals surface area contributed by atoms with E-state index in [1.807, 2.05) is 72.8 Å². The Morgan fingerprint density at radius 3 is 1.73 bits per heavy atom. The highest BCUT2D eigenvalue weighted by Gasteiger charge is 2.13. The molecule has 0 bridgehead atoms. The minimum absolute atomic E-state index is 0.324. The highest BCUT2D eigenvalue weighted by molar-refractivity contribution is 5.83. The van der Waals surface area contributed by atoms with E-state index in [9.17, 15) is 0 Å². The Morgan fingerprint density at radius 1 is 0.848 bits per heavy atom. The van der Waals surface area contributed by atoms with E-state index in [-0.39, 0.29) is 0 Å². The zero-order valence-corrected chi connectivity index (χ0v) is 18.6. The van der Waals surface area contributed by atoms with Crippen LogP contribution in [-0.2, 0) is 0 Å². The molecule has 4 rings (SSSR count). The van der Waals surface area contributed by atoms with Gasteiger partial charge in [-0.15, -0.1) is 0 Å². The monoisotopic (exact) mass is 437 g/mol. The van der Waals surface area contributed by atoms with E-state index in [0.29, 0.717) is 17.3 Å². The Morgan fingerprint density at radius 2 is 1.33 bits per heavy atom. The number of aryl methyl sites for hydroxylation is 1. The van der Waals surface area contributed by atoms with Gasteiger partial charge in [-0.2, -0.15) is 0 Å². The number of rotatable bonds is 7. The van der Waals surface area contributed by atoms with Crippen molar-refractivity contribution in [3.05, 3.63) is 108 Å². The van der Waals surface area contributed by atoms with Gasteiger partial charge in [0, 0.05) is 17.1 Å². The number of nitrogens with zero attached hydrogens (tertiary/aromatic N) is 3. The second-order valence-corrected chi connectivity index (χ2v) is 7.24. The van der Waals surface area contributed by atoms with Crippen LogP contribution in [0.1, 0.15) is 17.2 Å². The third-order valence-corrected chi connectivity index (χ3v) is 5.08. The summed E-state index contributed by atoms with van der Waals surface area (Å²) in [7, 11) is 3.30. The molecular formula is C27H23N3O3. The number of aromatic nitrogens is 1. The maximum atomic E-state index is 7.49. The van der Waals surface area contributed by atoms with E-state index in [4.69, 9.17) is 20.5 Å². The summed E-state index contributed by atoms with van der Waals surface area (Å²) in [6.45, 7) is 9.29. The molecule has 0 spiro atoms. The molecule has 4 aromatic rings. The largest absolute Gasteiger partial charge is 0.497 e. The Bertz CT molecular complexity index is 1230. The van der Waals surface area contributed by atoms with Crippen molar-refractivity contribution in [2.45, 2.75) is 6.92 Å². The van der Waals surface area contributed by atoms with Crippen molar-refractivity contribution in [2.75, 3.05) is 19.1 Å². The second-order valence-electron chi connectivity index (χ2n) is 7.24. The summed E-state index contributed by atoms with van der Waals surface area (Å²) >= 11 is 0. The summed E-state index contributed by atoms with van der Waals surface area (Å²) in [5.74, 6) is 2.58. The molecule has 0 atom stereocenters. The molecule has 0 fully saturated rings. The Kier molecular flexibility index (Phi) is 6.42. The average molecular weight is 437 g/mol. The molecule has 1 heterocycles. The van der Waals surface area contributed by atoms with Crippen molar-refractivity contribution in [3.63, 3.8) is 0 Å². The fraction of sp³-hybridized carbons (Fsp3) is 0.111. The normalized spacial score (nSPS) is 11.0. The van der Waals surface area contributed by atoms with Crippen LogP contribution in [0.5, 0.6) is 11.5 Å². The first-order valence-corrected chi connectivity index (χ1v) is 10.3. The highest BCUT2D eigenvalue weighted by Crippen LogP contribution is 2.36. The van der Waals surface area contributed by atoms with Crippen LogP contribution in [0.4, 0.5) is 17.1 Å².